The monoisotopic (exact) mass is 474 g/mol. The fourth-order valence-corrected chi connectivity index (χ4v) is 3.83. The molecule has 1 atom stereocenters. The number of fused-ring (bicyclic) bond motifs is 2. The summed E-state index contributed by atoms with van der Waals surface area (Å²) >= 11 is 6.02. The maximum Gasteiger partial charge on any atom is 0.338 e. The Morgan fingerprint density at radius 3 is 2.03 bits per heavy atom. The minimum absolute atomic E-state index is 0.261. The molecule has 6 heteroatoms. The average molecular weight is 475 g/mol. The average Bonchev–Trinajstić information content (AvgIpc) is 2.82. The highest BCUT2D eigenvalue weighted by atomic mass is 35.5. The van der Waals surface area contributed by atoms with E-state index in [1.54, 1.807) is 38.1 Å². The van der Waals surface area contributed by atoms with Crippen molar-refractivity contribution in [3.8, 4) is 17.2 Å². The smallest absolute Gasteiger partial charge is 0.338 e. The fraction of sp³-hybridized carbons (Fsp3) is 0.143. The molecule has 0 amide bonds. The maximum absolute atomic E-state index is 12.6. The summed E-state index contributed by atoms with van der Waals surface area (Å²) in [5.74, 6) is 0.222. The highest BCUT2D eigenvalue weighted by molar-refractivity contribution is 6.30. The number of hydrogen-bond acceptors (Lipinski definition) is 5. The first-order valence-corrected chi connectivity index (χ1v) is 11.1. The molecule has 0 bridgehead atoms. The van der Waals surface area contributed by atoms with E-state index in [2.05, 4.69) is 13.2 Å². The summed E-state index contributed by atoms with van der Waals surface area (Å²) in [7, 11) is 0. The number of carbonyl (C=O) groups excluding carboxylic acids is 2. The second-order valence-corrected chi connectivity index (χ2v) is 8.50. The molecular formula is C28H23ClO5. The van der Waals surface area contributed by atoms with Gasteiger partial charge in [-0.1, -0.05) is 55.1 Å². The van der Waals surface area contributed by atoms with Gasteiger partial charge in [-0.2, -0.15) is 0 Å². The summed E-state index contributed by atoms with van der Waals surface area (Å²) < 4.78 is 17.9. The zero-order valence-corrected chi connectivity index (χ0v) is 19.6. The van der Waals surface area contributed by atoms with E-state index in [1.165, 1.54) is 0 Å². The Labute approximate surface area is 202 Å². The van der Waals surface area contributed by atoms with Crippen LogP contribution >= 0.6 is 11.6 Å². The van der Waals surface area contributed by atoms with Crippen molar-refractivity contribution in [2.24, 2.45) is 0 Å². The predicted octanol–water partition coefficient (Wildman–Crippen LogP) is 6.69. The number of hydrogen-bond donors (Lipinski definition) is 0. The Hall–Kier alpha value is -3.83. The molecule has 0 fully saturated rings. The van der Waals surface area contributed by atoms with E-state index in [0.29, 0.717) is 50.6 Å². The summed E-state index contributed by atoms with van der Waals surface area (Å²) in [6.07, 6.45) is 3.66. The first-order valence-electron chi connectivity index (χ1n) is 10.7. The molecule has 4 rings (SSSR count). The van der Waals surface area contributed by atoms with Gasteiger partial charge in [0.15, 0.2) is 0 Å². The summed E-state index contributed by atoms with van der Waals surface area (Å²) in [6.45, 7) is 10.6. The van der Waals surface area contributed by atoms with Gasteiger partial charge < -0.3 is 14.2 Å². The second-order valence-electron chi connectivity index (χ2n) is 8.06. The summed E-state index contributed by atoms with van der Waals surface area (Å²) in [6, 6.07) is 14.3. The summed E-state index contributed by atoms with van der Waals surface area (Å²) in [4.78, 5) is 25.1. The lowest BCUT2D eigenvalue weighted by molar-refractivity contribution is -0.131. The van der Waals surface area contributed by atoms with E-state index in [-0.39, 0.29) is 11.1 Å². The number of carbonyl (C=O) groups is 2. The molecule has 0 spiro atoms. The molecule has 1 aliphatic rings. The molecule has 0 heterocycles. The van der Waals surface area contributed by atoms with Crippen LogP contribution in [0.25, 0.3) is 10.8 Å². The molecule has 0 aromatic heterocycles. The van der Waals surface area contributed by atoms with Crippen molar-refractivity contribution in [2.45, 2.75) is 26.4 Å². The van der Waals surface area contributed by atoms with E-state index in [9.17, 15) is 9.59 Å². The Kier molecular flexibility index (Phi) is 6.57. The first-order chi connectivity index (χ1) is 16.3. The molecule has 3 aromatic carbocycles. The Morgan fingerprint density at radius 1 is 0.882 bits per heavy atom. The van der Waals surface area contributed by atoms with Crippen LogP contribution in [0.4, 0.5) is 0 Å². The molecule has 0 N–H and O–H groups in total. The van der Waals surface area contributed by atoms with Crippen molar-refractivity contribution in [1.29, 1.82) is 0 Å². The van der Waals surface area contributed by atoms with Gasteiger partial charge in [-0.15, -0.1) is 0 Å². The molecule has 0 aliphatic heterocycles. The van der Waals surface area contributed by atoms with Gasteiger partial charge in [0, 0.05) is 38.1 Å². The fourth-order valence-electron chi connectivity index (χ4n) is 3.70. The topological polar surface area (TPSA) is 61.8 Å². The van der Waals surface area contributed by atoms with Gasteiger partial charge in [0.25, 0.3) is 0 Å². The molecule has 0 saturated heterocycles. The quantitative estimate of drug-likeness (QED) is 0.172. The van der Waals surface area contributed by atoms with Gasteiger partial charge in [-0.3, -0.25) is 0 Å². The third-order valence-corrected chi connectivity index (χ3v) is 5.59. The van der Waals surface area contributed by atoms with Crippen LogP contribution in [0.1, 0.15) is 31.1 Å². The maximum atomic E-state index is 12.6. The number of halogens is 1. The highest BCUT2D eigenvalue weighted by Gasteiger charge is 2.31. The largest absolute Gasteiger partial charge is 0.481 e. The van der Waals surface area contributed by atoms with Crippen LogP contribution in [-0.2, 0) is 16.0 Å². The number of ether oxygens (including phenoxy) is 3. The van der Waals surface area contributed by atoms with Gasteiger partial charge >= 0.3 is 11.9 Å². The Bertz CT molecular complexity index is 1350. The van der Waals surface area contributed by atoms with Crippen molar-refractivity contribution in [2.75, 3.05) is 0 Å². The number of esters is 2. The van der Waals surface area contributed by atoms with E-state index in [4.69, 9.17) is 25.8 Å². The number of benzene rings is 3. The molecule has 172 valence electrons. The third-order valence-electron chi connectivity index (χ3n) is 5.34. The molecule has 0 radical (unpaired) electrons. The number of rotatable bonds is 6. The van der Waals surface area contributed by atoms with Crippen molar-refractivity contribution >= 4 is 34.3 Å². The lowest BCUT2D eigenvalue weighted by atomic mass is 9.88. The van der Waals surface area contributed by atoms with E-state index >= 15 is 0 Å². The lowest BCUT2D eigenvalue weighted by Gasteiger charge is -2.28. The van der Waals surface area contributed by atoms with Crippen molar-refractivity contribution < 1.29 is 23.8 Å². The molecule has 34 heavy (non-hydrogen) atoms. The summed E-state index contributed by atoms with van der Waals surface area (Å²) in [5.41, 5.74) is 1.84. The number of allylic oxidation sites excluding steroid dienone is 1. The van der Waals surface area contributed by atoms with Gasteiger partial charge in [0.1, 0.15) is 23.4 Å². The SMILES string of the molecule is C=C(C)C(=O)Oc1c2c(c(OC(=O)C(=C)C)c3ccccc13)C(Oc1ccc(Cl)cc1)C=CC2. The van der Waals surface area contributed by atoms with Crippen LogP contribution < -0.4 is 14.2 Å². The zero-order valence-electron chi connectivity index (χ0n) is 18.9. The highest BCUT2D eigenvalue weighted by Crippen LogP contribution is 2.47. The van der Waals surface area contributed by atoms with E-state index in [1.807, 2.05) is 36.4 Å². The molecule has 5 nitrogen and oxygen atoms in total. The third kappa shape index (κ3) is 4.61. The van der Waals surface area contributed by atoms with Gasteiger partial charge in [-0.25, -0.2) is 9.59 Å². The van der Waals surface area contributed by atoms with E-state index < -0.39 is 18.0 Å². The molecule has 0 saturated carbocycles. The first kappa shape index (κ1) is 23.3. The van der Waals surface area contributed by atoms with E-state index in [0.717, 1.165) is 0 Å². The van der Waals surface area contributed by atoms with Gasteiger partial charge in [0.05, 0.1) is 0 Å². The van der Waals surface area contributed by atoms with Crippen LogP contribution in [0.5, 0.6) is 17.2 Å². The Morgan fingerprint density at radius 2 is 1.44 bits per heavy atom. The predicted molar refractivity (Wildman–Crippen MR) is 133 cm³/mol. The normalized spacial score (nSPS) is 14.3. The van der Waals surface area contributed by atoms with Crippen molar-refractivity contribution in [3.63, 3.8) is 0 Å². The lowest BCUT2D eigenvalue weighted by Crippen LogP contribution is -2.19. The molecular weight excluding hydrogens is 452 g/mol. The second kappa shape index (κ2) is 9.57. The van der Waals surface area contributed by atoms with Gasteiger partial charge in [-0.05, 0) is 50.6 Å². The molecule has 1 aliphatic carbocycles. The van der Waals surface area contributed by atoms with Crippen molar-refractivity contribution in [3.05, 3.63) is 101 Å². The van der Waals surface area contributed by atoms with Crippen LogP contribution in [0, 0.1) is 0 Å². The van der Waals surface area contributed by atoms with Crippen LogP contribution in [0.2, 0.25) is 5.02 Å². The van der Waals surface area contributed by atoms with Crippen LogP contribution in [-0.4, -0.2) is 11.9 Å². The zero-order chi connectivity index (χ0) is 24.4. The standard InChI is InChI=1S/C28H23ClO5/c1-16(2)27(30)33-25-20-8-5-6-9-21(20)26(34-28(31)17(3)4)24-22(25)10-7-11-23(24)32-19-14-12-18(29)13-15-19/h5-9,11-15,23H,1,3,10H2,2,4H3. The van der Waals surface area contributed by atoms with Crippen LogP contribution in [0.15, 0.2) is 85.0 Å². The van der Waals surface area contributed by atoms with Crippen LogP contribution in [0.3, 0.4) is 0 Å². The summed E-state index contributed by atoms with van der Waals surface area (Å²) in [5, 5.41) is 1.84. The minimum atomic E-state index is -0.607. The minimum Gasteiger partial charge on any atom is -0.481 e. The van der Waals surface area contributed by atoms with Crippen molar-refractivity contribution in [1.82, 2.24) is 0 Å². The molecule has 3 aromatic rings. The Balaban J connectivity index is 1.95. The molecule has 1 unspecified atom stereocenters. The van der Waals surface area contributed by atoms with Gasteiger partial charge in [0.2, 0.25) is 0 Å².